The number of carbonyl (C=O) groups excluding carboxylic acids is 1. The SMILES string of the molecule is Cc1ncc(NC(=O)C2=CC(C3CC3)NC=C2)c(C)c1C1=CCCN(C)C(O)C(N2CCOCC2)=C1. The fourth-order valence-corrected chi connectivity index (χ4v) is 5.21. The Morgan fingerprint density at radius 2 is 2.00 bits per heavy atom. The van der Waals surface area contributed by atoms with Crippen molar-refractivity contribution in [3.63, 3.8) is 0 Å². The van der Waals surface area contributed by atoms with E-state index in [1.165, 1.54) is 12.8 Å². The predicted octanol–water partition coefficient (Wildman–Crippen LogP) is 2.71. The first-order valence-electron chi connectivity index (χ1n) is 13.0. The van der Waals surface area contributed by atoms with E-state index in [2.05, 4.69) is 32.7 Å². The van der Waals surface area contributed by atoms with Crippen LogP contribution < -0.4 is 10.6 Å². The number of morpholine rings is 1. The summed E-state index contributed by atoms with van der Waals surface area (Å²) in [5, 5.41) is 17.6. The van der Waals surface area contributed by atoms with Crippen molar-refractivity contribution in [2.45, 2.75) is 45.4 Å². The third kappa shape index (κ3) is 5.26. The van der Waals surface area contributed by atoms with Crippen molar-refractivity contribution in [3.05, 3.63) is 64.8 Å². The number of likely N-dealkylation sites (N-methyl/N-ethyl adjacent to an activating group) is 1. The minimum absolute atomic E-state index is 0.119. The molecule has 3 aliphatic heterocycles. The van der Waals surface area contributed by atoms with E-state index < -0.39 is 6.23 Å². The van der Waals surface area contributed by atoms with Crippen LogP contribution in [0.3, 0.4) is 0 Å². The van der Waals surface area contributed by atoms with Gasteiger partial charge in [0.1, 0.15) is 6.23 Å². The second-order valence-electron chi connectivity index (χ2n) is 10.2. The standard InChI is InChI=1S/C28H37N5O3/c1-18-24(31-27(34)22-8-9-29-23(15-22)20-6-7-20)17-30-19(2)26(18)21-5-4-10-32(3)28(35)25(16-21)33-11-13-36-14-12-33/h5,8-9,15-17,20,23,28-29,35H,4,6-7,10-14H2,1-3H3,(H,31,34). The Balaban J connectivity index is 1.45. The quantitative estimate of drug-likeness (QED) is 0.584. The number of pyridine rings is 1. The van der Waals surface area contributed by atoms with Gasteiger partial charge in [-0.1, -0.05) is 6.08 Å². The topological polar surface area (TPSA) is 90.0 Å². The highest BCUT2D eigenvalue weighted by Crippen LogP contribution is 2.35. The lowest BCUT2D eigenvalue weighted by Crippen LogP contribution is -2.45. The maximum Gasteiger partial charge on any atom is 0.255 e. The summed E-state index contributed by atoms with van der Waals surface area (Å²) in [5.41, 5.74) is 6.15. The Morgan fingerprint density at radius 3 is 2.75 bits per heavy atom. The molecule has 36 heavy (non-hydrogen) atoms. The molecule has 1 aliphatic carbocycles. The fraction of sp³-hybridized carbons (Fsp3) is 0.500. The number of carbonyl (C=O) groups is 1. The van der Waals surface area contributed by atoms with Gasteiger partial charge in [0.25, 0.3) is 5.91 Å². The molecule has 1 aromatic rings. The van der Waals surface area contributed by atoms with Crippen molar-refractivity contribution in [3.8, 4) is 0 Å². The lowest BCUT2D eigenvalue weighted by molar-refractivity contribution is -0.112. The van der Waals surface area contributed by atoms with Gasteiger partial charge in [-0.15, -0.1) is 0 Å². The maximum atomic E-state index is 13.1. The van der Waals surface area contributed by atoms with Gasteiger partial charge in [-0.25, -0.2) is 0 Å². The van der Waals surface area contributed by atoms with Crippen molar-refractivity contribution in [1.82, 2.24) is 20.1 Å². The maximum absolute atomic E-state index is 13.1. The molecule has 1 amide bonds. The van der Waals surface area contributed by atoms with Crippen LogP contribution in [0, 0.1) is 19.8 Å². The number of anilines is 1. The zero-order valence-corrected chi connectivity index (χ0v) is 21.5. The number of nitrogens with zero attached hydrogens (tertiary/aromatic N) is 3. The van der Waals surface area contributed by atoms with E-state index in [1.54, 1.807) is 6.20 Å². The molecule has 8 nitrogen and oxygen atoms in total. The van der Waals surface area contributed by atoms with Crippen molar-refractivity contribution < 1.29 is 14.6 Å². The van der Waals surface area contributed by atoms with E-state index in [9.17, 15) is 9.90 Å². The largest absolute Gasteiger partial charge is 0.384 e. The van der Waals surface area contributed by atoms with Gasteiger partial charge >= 0.3 is 0 Å². The number of aliphatic hydroxyl groups is 1. The monoisotopic (exact) mass is 491 g/mol. The Bertz CT molecular complexity index is 1130. The minimum atomic E-state index is -0.693. The number of dihydropyridines is 1. The smallest absolute Gasteiger partial charge is 0.255 e. The van der Waals surface area contributed by atoms with Crippen molar-refractivity contribution in [2.24, 2.45) is 5.92 Å². The predicted molar refractivity (Wildman–Crippen MR) is 141 cm³/mol. The third-order valence-corrected chi connectivity index (χ3v) is 7.58. The molecule has 2 atom stereocenters. The second-order valence-corrected chi connectivity index (χ2v) is 10.2. The van der Waals surface area contributed by atoms with Crippen LogP contribution in [0.5, 0.6) is 0 Å². The molecule has 4 heterocycles. The van der Waals surface area contributed by atoms with Gasteiger partial charge in [-0.3, -0.25) is 14.7 Å². The number of amides is 1. The van der Waals surface area contributed by atoms with Gasteiger partial charge in [0.15, 0.2) is 0 Å². The van der Waals surface area contributed by atoms with E-state index in [1.807, 2.05) is 44.1 Å². The van der Waals surface area contributed by atoms with Crippen LogP contribution >= 0.6 is 0 Å². The van der Waals surface area contributed by atoms with E-state index in [4.69, 9.17) is 4.74 Å². The summed E-state index contributed by atoms with van der Waals surface area (Å²) in [6, 6.07) is 0.233. The van der Waals surface area contributed by atoms with Gasteiger partial charge in [-0.05, 0) is 81.6 Å². The molecule has 3 N–H and O–H groups in total. The van der Waals surface area contributed by atoms with Gasteiger partial charge in [0.2, 0.25) is 0 Å². The molecular weight excluding hydrogens is 454 g/mol. The molecule has 1 saturated carbocycles. The molecule has 192 valence electrons. The van der Waals surface area contributed by atoms with Crippen LogP contribution in [-0.2, 0) is 9.53 Å². The summed E-state index contributed by atoms with van der Waals surface area (Å²) >= 11 is 0. The van der Waals surface area contributed by atoms with E-state index >= 15 is 0 Å². The molecule has 5 rings (SSSR count). The summed E-state index contributed by atoms with van der Waals surface area (Å²) < 4.78 is 5.54. The molecule has 0 radical (unpaired) electrons. The van der Waals surface area contributed by atoms with Crippen LogP contribution in [0.15, 0.2) is 48.0 Å². The number of aromatic nitrogens is 1. The first-order valence-corrected chi connectivity index (χ1v) is 13.0. The summed E-state index contributed by atoms with van der Waals surface area (Å²) in [7, 11) is 1.95. The summed E-state index contributed by atoms with van der Waals surface area (Å²) in [5.74, 6) is 0.506. The van der Waals surface area contributed by atoms with Crippen LogP contribution in [0.4, 0.5) is 5.69 Å². The molecule has 4 aliphatic rings. The summed E-state index contributed by atoms with van der Waals surface area (Å²) in [6.07, 6.45) is 14.3. The summed E-state index contributed by atoms with van der Waals surface area (Å²) in [6.45, 7) is 7.56. The first kappa shape index (κ1) is 24.7. The second kappa shape index (κ2) is 10.6. The number of ether oxygens (including phenoxy) is 1. The summed E-state index contributed by atoms with van der Waals surface area (Å²) in [4.78, 5) is 22.0. The minimum Gasteiger partial charge on any atom is -0.384 e. The van der Waals surface area contributed by atoms with Crippen LogP contribution in [0.2, 0.25) is 0 Å². The highest BCUT2D eigenvalue weighted by atomic mass is 16.5. The number of hydrogen-bond donors (Lipinski definition) is 3. The van der Waals surface area contributed by atoms with Gasteiger partial charge in [0, 0.05) is 42.5 Å². The number of aliphatic hydroxyl groups excluding tert-OH is 1. The number of aryl methyl sites for hydroxylation is 1. The molecule has 8 heteroatoms. The lowest BCUT2D eigenvalue weighted by atomic mass is 9.95. The molecular formula is C28H37N5O3. The van der Waals surface area contributed by atoms with E-state index in [-0.39, 0.29) is 11.9 Å². The van der Waals surface area contributed by atoms with Gasteiger partial charge in [-0.2, -0.15) is 0 Å². The molecule has 0 bridgehead atoms. The van der Waals surface area contributed by atoms with Crippen molar-refractivity contribution in [1.29, 1.82) is 0 Å². The van der Waals surface area contributed by atoms with Gasteiger partial charge < -0.3 is 25.4 Å². The number of rotatable bonds is 5. The van der Waals surface area contributed by atoms with Gasteiger partial charge in [0.05, 0.1) is 30.8 Å². The van der Waals surface area contributed by atoms with Crippen molar-refractivity contribution in [2.75, 3.05) is 45.2 Å². The van der Waals surface area contributed by atoms with Crippen molar-refractivity contribution >= 4 is 17.2 Å². The van der Waals surface area contributed by atoms with E-state index in [0.29, 0.717) is 30.4 Å². The Kier molecular flexibility index (Phi) is 7.27. The molecule has 2 fully saturated rings. The zero-order chi connectivity index (χ0) is 25.2. The lowest BCUT2D eigenvalue weighted by Gasteiger charge is -2.37. The van der Waals surface area contributed by atoms with Crippen LogP contribution in [0.1, 0.15) is 36.1 Å². The normalized spacial score (nSPS) is 25.2. The highest BCUT2D eigenvalue weighted by Gasteiger charge is 2.31. The molecule has 0 spiro atoms. The number of nitrogens with one attached hydrogen (secondary N) is 2. The fourth-order valence-electron chi connectivity index (χ4n) is 5.21. The average Bonchev–Trinajstić information content (AvgIpc) is 3.73. The Labute approximate surface area is 213 Å². The molecule has 0 aromatic carbocycles. The van der Waals surface area contributed by atoms with Crippen LogP contribution in [-0.4, -0.2) is 78.0 Å². The number of allylic oxidation sites excluding steroid dienone is 2. The first-order chi connectivity index (χ1) is 17.4. The molecule has 1 aromatic heterocycles. The average molecular weight is 492 g/mol. The number of hydrogen-bond acceptors (Lipinski definition) is 7. The zero-order valence-electron chi connectivity index (χ0n) is 21.5. The highest BCUT2D eigenvalue weighted by molar-refractivity contribution is 6.06. The third-order valence-electron chi connectivity index (χ3n) is 7.58. The molecule has 2 unspecified atom stereocenters. The van der Waals surface area contributed by atoms with E-state index in [0.717, 1.165) is 54.1 Å². The Hall–Kier alpha value is -2.94. The van der Waals surface area contributed by atoms with Crippen LogP contribution in [0.25, 0.3) is 5.57 Å². The Morgan fingerprint density at radius 1 is 1.22 bits per heavy atom. The molecule has 1 saturated heterocycles.